The molecule has 0 spiro atoms. The number of nitrogens with zero attached hydrogens (tertiary/aromatic N) is 1. The van der Waals surface area contributed by atoms with Gasteiger partial charge in [0.1, 0.15) is 0 Å². The average Bonchev–Trinajstić information content (AvgIpc) is 2.16. The van der Waals surface area contributed by atoms with Gasteiger partial charge in [-0.3, -0.25) is 0 Å². The summed E-state index contributed by atoms with van der Waals surface area (Å²) in [6.07, 6.45) is 0.885. The summed E-state index contributed by atoms with van der Waals surface area (Å²) < 4.78 is 16.9. The van der Waals surface area contributed by atoms with Gasteiger partial charge >= 0.3 is 0 Å². The molecule has 0 aromatic heterocycles. The lowest BCUT2D eigenvalue weighted by molar-refractivity contribution is 0.637. The van der Waals surface area contributed by atoms with E-state index in [9.17, 15) is 4.21 Å². The molecule has 0 aliphatic carbocycles. The van der Waals surface area contributed by atoms with Crippen LogP contribution in [0.3, 0.4) is 0 Å². The van der Waals surface area contributed by atoms with E-state index in [0.29, 0.717) is 5.75 Å². The molecule has 0 N–H and O–H groups in total. The van der Waals surface area contributed by atoms with Crippen LogP contribution in [0.1, 0.15) is 26.3 Å². The smallest absolute Gasteiger partial charge is 0.0762 e. The summed E-state index contributed by atoms with van der Waals surface area (Å²) in [5.74, 6) is 0.688. The van der Waals surface area contributed by atoms with Crippen molar-refractivity contribution in [2.75, 3.05) is 5.75 Å². The predicted octanol–water partition coefficient (Wildman–Crippen LogP) is 3.14. The maximum Gasteiger partial charge on any atom is 0.0762 e. The summed E-state index contributed by atoms with van der Waals surface area (Å²) in [5, 5.41) is 0. The standard InChI is InChI=1S/C12H17NOS/c1-12(2,3)15(14)9-8-10-6-4-5-7-11(10)13-15/h4-7H,8-9H2,1-3H3/t15-/m0/s1. The number of rotatable bonds is 0. The van der Waals surface area contributed by atoms with Gasteiger partial charge in [0.25, 0.3) is 0 Å². The Bertz CT molecular complexity index is 491. The van der Waals surface area contributed by atoms with E-state index in [1.54, 1.807) is 0 Å². The molecule has 0 amide bonds. The highest BCUT2D eigenvalue weighted by atomic mass is 32.2. The molecule has 1 atom stereocenters. The lowest BCUT2D eigenvalue weighted by Gasteiger charge is -2.27. The summed E-state index contributed by atoms with van der Waals surface area (Å²) in [5.41, 5.74) is 2.14. The van der Waals surface area contributed by atoms with Crippen LogP contribution in [0.25, 0.3) is 0 Å². The van der Waals surface area contributed by atoms with Crippen molar-refractivity contribution in [3.8, 4) is 0 Å². The first kappa shape index (κ1) is 10.7. The van der Waals surface area contributed by atoms with Gasteiger partial charge in [-0.15, -0.1) is 0 Å². The lowest BCUT2D eigenvalue weighted by Crippen LogP contribution is -2.32. The SMILES string of the molecule is CC(C)(C)[S@]1(=O)=Nc2ccccc2CC1. The highest BCUT2D eigenvalue weighted by Gasteiger charge is 2.29. The molecule has 82 valence electrons. The number of fused-ring (bicyclic) bond motifs is 1. The Balaban J connectivity index is 2.60. The van der Waals surface area contributed by atoms with Crippen LogP contribution in [-0.2, 0) is 16.1 Å². The molecule has 3 heteroatoms. The molecule has 0 saturated heterocycles. The van der Waals surface area contributed by atoms with Crippen molar-refractivity contribution in [2.45, 2.75) is 31.9 Å². The van der Waals surface area contributed by atoms with Crippen molar-refractivity contribution in [2.24, 2.45) is 4.36 Å². The van der Waals surface area contributed by atoms with Gasteiger partial charge in [-0.2, -0.15) is 4.36 Å². The van der Waals surface area contributed by atoms with Crippen LogP contribution >= 0.6 is 0 Å². The molecule has 15 heavy (non-hydrogen) atoms. The molecule has 1 aromatic rings. The summed E-state index contributed by atoms with van der Waals surface area (Å²) in [6, 6.07) is 8.00. The molecule has 0 unspecified atom stereocenters. The van der Waals surface area contributed by atoms with Crippen molar-refractivity contribution in [3.63, 3.8) is 0 Å². The minimum absolute atomic E-state index is 0.236. The molecule has 1 aliphatic heterocycles. The quantitative estimate of drug-likeness (QED) is 0.664. The minimum atomic E-state index is -2.09. The minimum Gasteiger partial charge on any atom is -0.249 e. The average molecular weight is 223 g/mol. The van der Waals surface area contributed by atoms with Crippen molar-refractivity contribution in [1.82, 2.24) is 0 Å². The highest BCUT2D eigenvalue weighted by molar-refractivity contribution is 7.95. The fraction of sp³-hybridized carbons (Fsp3) is 0.500. The third kappa shape index (κ3) is 1.81. The van der Waals surface area contributed by atoms with Crippen molar-refractivity contribution >= 4 is 15.4 Å². The number of aryl methyl sites for hydroxylation is 1. The van der Waals surface area contributed by atoms with E-state index in [1.807, 2.05) is 39.0 Å². The van der Waals surface area contributed by atoms with Gasteiger partial charge in [-0.05, 0) is 38.8 Å². The first-order valence-corrected chi connectivity index (χ1v) is 6.93. The van der Waals surface area contributed by atoms with Crippen molar-refractivity contribution in [3.05, 3.63) is 29.8 Å². The van der Waals surface area contributed by atoms with E-state index in [0.717, 1.165) is 12.1 Å². The first-order chi connectivity index (χ1) is 6.92. The summed E-state index contributed by atoms with van der Waals surface area (Å²) >= 11 is 0. The van der Waals surface area contributed by atoms with E-state index in [1.165, 1.54) is 5.56 Å². The molecule has 1 heterocycles. The fourth-order valence-corrected chi connectivity index (χ4v) is 3.68. The van der Waals surface area contributed by atoms with Crippen LogP contribution in [0.15, 0.2) is 28.6 Å². The fourth-order valence-electron chi connectivity index (χ4n) is 1.71. The molecule has 1 aromatic carbocycles. The molecule has 0 bridgehead atoms. The van der Waals surface area contributed by atoms with Gasteiger partial charge in [-0.25, -0.2) is 4.21 Å². The molecule has 1 aliphatic rings. The largest absolute Gasteiger partial charge is 0.249 e. The summed E-state index contributed by atoms with van der Waals surface area (Å²) in [7, 11) is -2.09. The van der Waals surface area contributed by atoms with Gasteiger partial charge in [-0.1, -0.05) is 18.2 Å². The molecular weight excluding hydrogens is 206 g/mol. The Kier molecular flexibility index (Phi) is 2.38. The van der Waals surface area contributed by atoms with E-state index >= 15 is 0 Å². The Morgan fingerprint density at radius 2 is 1.93 bits per heavy atom. The molecule has 0 radical (unpaired) electrons. The van der Waals surface area contributed by atoms with Crippen LogP contribution in [0.5, 0.6) is 0 Å². The lowest BCUT2D eigenvalue weighted by atomic mass is 10.1. The highest BCUT2D eigenvalue weighted by Crippen LogP contribution is 2.32. The number of benzene rings is 1. The van der Waals surface area contributed by atoms with Gasteiger partial charge in [0.05, 0.1) is 15.4 Å². The van der Waals surface area contributed by atoms with Crippen LogP contribution in [0.4, 0.5) is 5.69 Å². The molecule has 0 fully saturated rings. The second-order valence-electron chi connectivity index (χ2n) is 4.93. The molecule has 2 rings (SSSR count). The summed E-state index contributed by atoms with van der Waals surface area (Å²) in [6.45, 7) is 6.02. The van der Waals surface area contributed by atoms with Crippen LogP contribution < -0.4 is 0 Å². The molecule has 2 nitrogen and oxygen atoms in total. The van der Waals surface area contributed by atoms with Gasteiger partial charge in [0.2, 0.25) is 0 Å². The summed E-state index contributed by atoms with van der Waals surface area (Å²) in [4.78, 5) is 0. The molecule has 0 saturated carbocycles. The van der Waals surface area contributed by atoms with Gasteiger partial charge in [0, 0.05) is 10.5 Å². The third-order valence-electron chi connectivity index (χ3n) is 2.84. The van der Waals surface area contributed by atoms with Gasteiger partial charge in [0.15, 0.2) is 0 Å². The first-order valence-electron chi connectivity index (χ1n) is 5.25. The normalized spacial score (nSPS) is 25.5. The van der Waals surface area contributed by atoms with Crippen LogP contribution in [-0.4, -0.2) is 14.7 Å². The Labute approximate surface area is 91.9 Å². The van der Waals surface area contributed by atoms with E-state index < -0.39 is 9.73 Å². The topological polar surface area (TPSA) is 29.4 Å². The maximum atomic E-state index is 12.6. The van der Waals surface area contributed by atoms with Crippen molar-refractivity contribution in [1.29, 1.82) is 0 Å². The predicted molar refractivity (Wildman–Crippen MR) is 65.0 cm³/mol. The van der Waals surface area contributed by atoms with E-state index in [-0.39, 0.29) is 4.75 Å². The maximum absolute atomic E-state index is 12.6. The zero-order chi connectivity index (χ0) is 11.1. The third-order valence-corrected chi connectivity index (χ3v) is 6.01. The Morgan fingerprint density at radius 1 is 1.27 bits per heavy atom. The molecular formula is C12H17NOS. The number of hydrogen-bond acceptors (Lipinski definition) is 2. The van der Waals surface area contributed by atoms with Gasteiger partial charge < -0.3 is 0 Å². The van der Waals surface area contributed by atoms with E-state index in [4.69, 9.17) is 0 Å². The zero-order valence-corrected chi connectivity index (χ0v) is 10.3. The Hall–Kier alpha value is -0.830. The Morgan fingerprint density at radius 3 is 2.60 bits per heavy atom. The van der Waals surface area contributed by atoms with E-state index in [2.05, 4.69) is 10.4 Å². The van der Waals surface area contributed by atoms with Crippen LogP contribution in [0, 0.1) is 0 Å². The number of hydrogen-bond donors (Lipinski definition) is 0. The monoisotopic (exact) mass is 223 g/mol. The van der Waals surface area contributed by atoms with Crippen molar-refractivity contribution < 1.29 is 4.21 Å². The second kappa shape index (κ2) is 3.34. The second-order valence-corrected chi connectivity index (χ2v) is 8.02. The zero-order valence-electron chi connectivity index (χ0n) is 9.49. The van der Waals surface area contributed by atoms with Crippen LogP contribution in [0.2, 0.25) is 0 Å².